The number of aromatic nitrogens is 2. The Balaban J connectivity index is 1.49. The average molecular weight is 487 g/mol. The molecule has 4 rings (SSSR count). The Bertz CT molecular complexity index is 1230. The fourth-order valence-electron chi connectivity index (χ4n) is 4.88. The fourth-order valence-corrected chi connectivity index (χ4v) is 4.88. The minimum Gasteiger partial charge on any atom is -0.236 e. The van der Waals surface area contributed by atoms with E-state index in [2.05, 4.69) is 16.9 Å². The van der Waals surface area contributed by atoms with Gasteiger partial charge in [-0.3, -0.25) is 0 Å². The van der Waals surface area contributed by atoms with Gasteiger partial charge in [-0.05, 0) is 60.6 Å². The van der Waals surface area contributed by atoms with Gasteiger partial charge in [-0.2, -0.15) is 13.2 Å². The lowest BCUT2D eigenvalue weighted by Crippen LogP contribution is -2.14. The first-order chi connectivity index (χ1) is 16.7. The highest BCUT2D eigenvalue weighted by molar-refractivity contribution is 5.88. The number of nitrogens with zero attached hydrogens (tertiary/aromatic N) is 2. The lowest BCUT2D eigenvalue weighted by atomic mass is 9.77. The smallest absolute Gasteiger partial charge is 0.236 e. The van der Waals surface area contributed by atoms with Gasteiger partial charge in [0.15, 0.2) is 5.82 Å². The Labute approximate surface area is 202 Å². The Morgan fingerprint density at radius 1 is 0.971 bits per heavy atom. The van der Waals surface area contributed by atoms with Crippen LogP contribution in [0.4, 0.5) is 22.0 Å². The van der Waals surface area contributed by atoms with Crippen LogP contribution in [-0.2, 0) is 0 Å². The zero-order valence-corrected chi connectivity index (χ0v) is 19.6. The molecule has 1 aliphatic rings. The van der Waals surface area contributed by atoms with E-state index in [0.29, 0.717) is 17.3 Å². The zero-order chi connectivity index (χ0) is 25.0. The van der Waals surface area contributed by atoms with Crippen molar-refractivity contribution in [3.05, 3.63) is 59.4 Å². The van der Waals surface area contributed by atoms with Crippen molar-refractivity contribution in [2.75, 3.05) is 0 Å². The van der Waals surface area contributed by atoms with Crippen LogP contribution in [0.1, 0.15) is 75.3 Å². The Kier molecular flexibility index (Phi) is 7.69. The van der Waals surface area contributed by atoms with Crippen LogP contribution < -0.4 is 0 Å². The van der Waals surface area contributed by atoms with E-state index in [1.165, 1.54) is 50.7 Å². The molecule has 3 aromatic rings. The van der Waals surface area contributed by atoms with Crippen molar-refractivity contribution >= 4 is 10.8 Å². The molecular formula is C28H27F5N2. The van der Waals surface area contributed by atoms with E-state index >= 15 is 0 Å². The van der Waals surface area contributed by atoms with Gasteiger partial charge in [0.2, 0.25) is 0 Å². The highest BCUT2D eigenvalue weighted by Crippen LogP contribution is 2.37. The van der Waals surface area contributed by atoms with E-state index in [4.69, 9.17) is 0 Å². The van der Waals surface area contributed by atoms with Gasteiger partial charge in [-0.25, -0.2) is 18.7 Å². The normalized spacial score (nSPS) is 18.3. The molecule has 0 aliphatic heterocycles. The number of hydrogen-bond donors (Lipinski definition) is 0. The third-order valence-electron chi connectivity index (χ3n) is 6.82. The molecule has 0 N–H and O–H groups in total. The van der Waals surface area contributed by atoms with Gasteiger partial charge < -0.3 is 0 Å². The van der Waals surface area contributed by atoms with Gasteiger partial charge in [-0.1, -0.05) is 50.7 Å². The van der Waals surface area contributed by atoms with E-state index in [9.17, 15) is 22.0 Å². The van der Waals surface area contributed by atoms with Crippen molar-refractivity contribution in [3.63, 3.8) is 0 Å². The molecule has 0 amide bonds. The number of benzene rings is 2. The van der Waals surface area contributed by atoms with Gasteiger partial charge >= 0.3 is 6.18 Å². The molecular weight excluding hydrogens is 459 g/mol. The predicted octanol–water partition coefficient (Wildman–Crippen LogP) is 8.34. The third kappa shape index (κ3) is 6.17. The van der Waals surface area contributed by atoms with Crippen LogP contribution in [0.2, 0.25) is 0 Å². The van der Waals surface area contributed by atoms with Crippen LogP contribution in [0.5, 0.6) is 0 Å². The topological polar surface area (TPSA) is 25.8 Å². The highest BCUT2D eigenvalue weighted by Gasteiger charge is 2.24. The Hall–Kier alpha value is -3.01. The number of rotatable bonds is 6. The summed E-state index contributed by atoms with van der Waals surface area (Å²) in [5, 5.41) is 0.179. The minimum absolute atomic E-state index is 0.0195. The Morgan fingerprint density at radius 2 is 1.69 bits per heavy atom. The summed E-state index contributed by atoms with van der Waals surface area (Å²) < 4.78 is 66.0. The quantitative estimate of drug-likeness (QED) is 0.199. The lowest BCUT2D eigenvalue weighted by molar-refractivity contribution is -0.0696. The molecule has 1 fully saturated rings. The summed E-state index contributed by atoms with van der Waals surface area (Å²) in [7, 11) is 0. The molecule has 1 heterocycles. The maximum absolute atomic E-state index is 14.7. The largest absolute Gasteiger partial charge is 0.458 e. The molecule has 0 spiro atoms. The average Bonchev–Trinajstić information content (AvgIpc) is 2.83. The van der Waals surface area contributed by atoms with E-state index < -0.39 is 23.4 Å². The monoisotopic (exact) mass is 486 g/mol. The van der Waals surface area contributed by atoms with Gasteiger partial charge in [-0.15, -0.1) is 0 Å². The Morgan fingerprint density at radius 3 is 2.34 bits per heavy atom. The summed E-state index contributed by atoms with van der Waals surface area (Å²) in [6, 6.07) is 5.46. The van der Waals surface area contributed by atoms with Crippen molar-refractivity contribution in [3.8, 4) is 23.2 Å². The van der Waals surface area contributed by atoms with Crippen molar-refractivity contribution in [2.24, 2.45) is 5.92 Å². The van der Waals surface area contributed by atoms with Crippen LogP contribution in [0, 0.1) is 29.4 Å². The lowest BCUT2D eigenvalue weighted by Gasteiger charge is -2.28. The summed E-state index contributed by atoms with van der Waals surface area (Å²) in [5.74, 6) is 1.90. The summed E-state index contributed by atoms with van der Waals surface area (Å²) in [6.45, 7) is 2.23. The summed E-state index contributed by atoms with van der Waals surface area (Å²) in [5.41, 5.74) is 0.770. The number of halogens is 5. The van der Waals surface area contributed by atoms with Gasteiger partial charge in [0.05, 0.1) is 5.56 Å². The van der Waals surface area contributed by atoms with E-state index in [-0.39, 0.29) is 10.8 Å². The van der Waals surface area contributed by atoms with Gasteiger partial charge in [0, 0.05) is 29.3 Å². The first-order valence-corrected chi connectivity index (χ1v) is 12.1. The minimum atomic E-state index is -4.84. The maximum atomic E-state index is 14.7. The fraction of sp³-hybridized carbons (Fsp3) is 0.429. The van der Waals surface area contributed by atoms with Crippen LogP contribution in [0.25, 0.3) is 22.2 Å². The van der Waals surface area contributed by atoms with Crippen molar-refractivity contribution in [1.82, 2.24) is 9.97 Å². The number of alkyl halides is 3. The molecule has 0 unspecified atom stereocenters. The van der Waals surface area contributed by atoms with Crippen molar-refractivity contribution in [2.45, 2.75) is 70.4 Å². The molecule has 2 aromatic carbocycles. The molecule has 0 bridgehead atoms. The first kappa shape index (κ1) is 25.1. The highest BCUT2D eigenvalue weighted by atomic mass is 19.4. The third-order valence-corrected chi connectivity index (χ3v) is 6.82. The second-order valence-electron chi connectivity index (χ2n) is 9.28. The molecule has 35 heavy (non-hydrogen) atoms. The molecule has 1 saturated carbocycles. The first-order valence-electron chi connectivity index (χ1n) is 12.1. The molecule has 0 atom stereocenters. The summed E-state index contributed by atoms with van der Waals surface area (Å²) in [6.07, 6.45) is 8.71. The number of hydrogen-bond acceptors (Lipinski definition) is 2. The molecule has 0 radical (unpaired) electrons. The molecule has 2 nitrogen and oxygen atoms in total. The van der Waals surface area contributed by atoms with Crippen molar-refractivity contribution in [1.29, 1.82) is 0 Å². The molecule has 0 saturated heterocycles. The van der Waals surface area contributed by atoms with E-state index in [1.807, 2.05) is 12.4 Å². The second-order valence-corrected chi connectivity index (χ2v) is 9.28. The predicted molar refractivity (Wildman–Crippen MR) is 127 cm³/mol. The van der Waals surface area contributed by atoms with Crippen LogP contribution in [-0.4, -0.2) is 16.1 Å². The summed E-state index contributed by atoms with van der Waals surface area (Å²) in [4.78, 5) is 8.97. The molecule has 1 aliphatic carbocycles. The number of unbranched alkanes of at least 4 members (excludes halogenated alkanes) is 2. The SMILES string of the molecule is CCCCCC1CCC(c2cnc(-c3ccc4c(F)c(C#CC(F)(F)F)c(F)cc4c3)nc2)CC1. The molecule has 184 valence electrons. The zero-order valence-electron chi connectivity index (χ0n) is 19.6. The van der Waals surface area contributed by atoms with Gasteiger partial charge in [0.25, 0.3) is 0 Å². The molecule has 7 heteroatoms. The van der Waals surface area contributed by atoms with Crippen LogP contribution in [0.3, 0.4) is 0 Å². The maximum Gasteiger partial charge on any atom is 0.458 e. The second kappa shape index (κ2) is 10.7. The van der Waals surface area contributed by atoms with Gasteiger partial charge in [0.1, 0.15) is 11.6 Å². The van der Waals surface area contributed by atoms with Crippen LogP contribution in [0.15, 0.2) is 36.7 Å². The molecule has 1 aromatic heterocycles. The van der Waals surface area contributed by atoms with Crippen molar-refractivity contribution < 1.29 is 22.0 Å². The standard InChI is InChI=1S/C28H27F5N2/c1-2-3-4-5-18-6-8-19(9-7-18)22-16-34-27(35-17-22)20-10-11-23-21(14-20)15-25(29)24(26(23)30)12-13-28(31,32)33/h10-11,14-19H,2-9H2,1H3. The van der Waals surface area contributed by atoms with E-state index in [0.717, 1.165) is 36.3 Å². The number of fused-ring (bicyclic) bond motifs is 1. The van der Waals surface area contributed by atoms with Crippen LogP contribution >= 0.6 is 0 Å². The summed E-state index contributed by atoms with van der Waals surface area (Å²) >= 11 is 0. The van der Waals surface area contributed by atoms with E-state index in [1.54, 1.807) is 12.0 Å².